The number of ether oxygens (including phenoxy) is 1. The molecule has 25 heavy (non-hydrogen) atoms. The van der Waals surface area contributed by atoms with Crippen LogP contribution in [-0.4, -0.2) is 19.6 Å². The van der Waals surface area contributed by atoms with E-state index >= 15 is 0 Å². The molecule has 1 N–H and O–H groups in total. The molecule has 6 heteroatoms. The van der Waals surface area contributed by atoms with Crippen molar-refractivity contribution in [2.45, 2.75) is 37.9 Å². The number of benzene rings is 1. The van der Waals surface area contributed by atoms with Crippen molar-refractivity contribution in [1.82, 2.24) is 5.32 Å². The fourth-order valence-electron chi connectivity index (χ4n) is 4.12. The molecule has 0 radical (unpaired) electrons. The lowest BCUT2D eigenvalue weighted by Gasteiger charge is -2.40. The summed E-state index contributed by atoms with van der Waals surface area (Å²) in [5.74, 6) is -0.0425. The molecule has 1 heterocycles. The molecule has 1 aromatic rings. The topological polar surface area (TPSA) is 38.3 Å². The lowest BCUT2D eigenvalue weighted by Crippen LogP contribution is -2.44. The van der Waals surface area contributed by atoms with Crippen LogP contribution in [0.5, 0.6) is 0 Å². The standard InChI is InChI=1S/C19H22F3NO2/c1-25-17(24)18(9-2-3-10-18)15-8-11-23-16(12-15)13-4-6-14(7-5-13)19(20,21)22/h2-7,15-16,23H,8-12H2,1H3/t15-,16+/m0/s1. The van der Waals surface area contributed by atoms with Gasteiger partial charge < -0.3 is 10.1 Å². The van der Waals surface area contributed by atoms with Gasteiger partial charge in [0.05, 0.1) is 18.1 Å². The second-order valence-electron chi connectivity index (χ2n) is 6.88. The van der Waals surface area contributed by atoms with Crippen molar-refractivity contribution in [3.63, 3.8) is 0 Å². The largest absolute Gasteiger partial charge is 0.469 e. The first-order valence-electron chi connectivity index (χ1n) is 8.51. The molecule has 1 aromatic carbocycles. The summed E-state index contributed by atoms with van der Waals surface area (Å²) in [6.45, 7) is 0.731. The first kappa shape index (κ1) is 18.0. The Hall–Kier alpha value is -1.82. The monoisotopic (exact) mass is 353 g/mol. The zero-order valence-electron chi connectivity index (χ0n) is 14.1. The highest BCUT2D eigenvalue weighted by Crippen LogP contribution is 2.48. The van der Waals surface area contributed by atoms with Gasteiger partial charge in [-0.2, -0.15) is 13.2 Å². The van der Waals surface area contributed by atoms with Crippen LogP contribution < -0.4 is 5.32 Å². The molecule has 136 valence electrons. The van der Waals surface area contributed by atoms with E-state index in [2.05, 4.69) is 5.32 Å². The molecule has 1 saturated heterocycles. The van der Waals surface area contributed by atoms with Gasteiger partial charge in [0.1, 0.15) is 0 Å². The van der Waals surface area contributed by atoms with E-state index in [-0.39, 0.29) is 17.9 Å². The van der Waals surface area contributed by atoms with E-state index in [1.165, 1.54) is 19.2 Å². The number of carbonyl (C=O) groups is 1. The Balaban J connectivity index is 1.78. The summed E-state index contributed by atoms with van der Waals surface area (Å²) >= 11 is 0. The maximum atomic E-state index is 12.7. The molecule has 0 bridgehead atoms. The third-order valence-corrected chi connectivity index (χ3v) is 5.55. The Morgan fingerprint density at radius 1 is 1.20 bits per heavy atom. The van der Waals surface area contributed by atoms with E-state index in [1.54, 1.807) is 0 Å². The smallest absolute Gasteiger partial charge is 0.416 e. The molecule has 0 unspecified atom stereocenters. The van der Waals surface area contributed by atoms with Crippen LogP contribution in [0.1, 0.15) is 42.9 Å². The number of allylic oxidation sites excluding steroid dienone is 2. The molecule has 3 rings (SSSR count). The number of nitrogens with one attached hydrogen (secondary N) is 1. The maximum absolute atomic E-state index is 12.7. The first-order chi connectivity index (χ1) is 11.9. The lowest BCUT2D eigenvalue weighted by atomic mass is 9.67. The second-order valence-corrected chi connectivity index (χ2v) is 6.88. The first-order valence-corrected chi connectivity index (χ1v) is 8.51. The summed E-state index contributed by atoms with van der Waals surface area (Å²) in [4.78, 5) is 12.4. The summed E-state index contributed by atoms with van der Waals surface area (Å²) < 4.78 is 43.3. The number of esters is 1. The van der Waals surface area contributed by atoms with Crippen molar-refractivity contribution < 1.29 is 22.7 Å². The van der Waals surface area contributed by atoms with E-state index in [1.807, 2.05) is 12.2 Å². The third-order valence-electron chi connectivity index (χ3n) is 5.55. The average Bonchev–Trinajstić information content (AvgIpc) is 3.11. The van der Waals surface area contributed by atoms with Gasteiger partial charge >= 0.3 is 12.1 Å². The van der Waals surface area contributed by atoms with Gasteiger partial charge in [0, 0.05) is 6.04 Å². The number of halogens is 3. The molecule has 0 aromatic heterocycles. The number of hydrogen-bond donors (Lipinski definition) is 1. The second kappa shape index (κ2) is 6.83. The van der Waals surface area contributed by atoms with Crippen LogP contribution in [0.4, 0.5) is 13.2 Å². The molecule has 0 spiro atoms. The van der Waals surface area contributed by atoms with Crippen molar-refractivity contribution in [2.24, 2.45) is 11.3 Å². The van der Waals surface area contributed by atoms with Crippen LogP contribution in [0.15, 0.2) is 36.4 Å². The lowest BCUT2D eigenvalue weighted by molar-refractivity contribution is -0.156. The SMILES string of the molecule is COC(=O)C1([C@H]2CCN[C@@H](c3ccc(C(F)(F)F)cc3)C2)CC=CC1. The molecule has 0 amide bonds. The highest BCUT2D eigenvalue weighted by Gasteiger charge is 2.48. The Morgan fingerprint density at radius 3 is 2.40 bits per heavy atom. The molecule has 1 aliphatic carbocycles. The van der Waals surface area contributed by atoms with Crippen LogP contribution in [0, 0.1) is 11.3 Å². The Labute approximate surface area is 145 Å². The van der Waals surface area contributed by atoms with Crippen molar-refractivity contribution in [3.05, 3.63) is 47.5 Å². The normalized spacial score (nSPS) is 25.8. The number of alkyl halides is 3. The number of carbonyl (C=O) groups excluding carboxylic acids is 1. The van der Waals surface area contributed by atoms with Crippen LogP contribution in [0.3, 0.4) is 0 Å². The predicted molar refractivity (Wildman–Crippen MR) is 87.7 cm³/mol. The van der Waals surface area contributed by atoms with Gasteiger partial charge in [-0.3, -0.25) is 4.79 Å². The Morgan fingerprint density at radius 2 is 1.84 bits per heavy atom. The average molecular weight is 353 g/mol. The molecule has 2 atom stereocenters. The van der Waals surface area contributed by atoms with Crippen LogP contribution >= 0.6 is 0 Å². The van der Waals surface area contributed by atoms with Crippen molar-refractivity contribution in [1.29, 1.82) is 0 Å². The van der Waals surface area contributed by atoms with E-state index in [0.29, 0.717) is 19.3 Å². The van der Waals surface area contributed by atoms with Crippen LogP contribution in [0.2, 0.25) is 0 Å². The minimum Gasteiger partial charge on any atom is -0.469 e. The highest BCUT2D eigenvalue weighted by molar-refractivity contribution is 5.78. The van der Waals surface area contributed by atoms with Crippen molar-refractivity contribution >= 4 is 5.97 Å². The van der Waals surface area contributed by atoms with Gasteiger partial charge in [0.2, 0.25) is 0 Å². The number of rotatable bonds is 3. The summed E-state index contributed by atoms with van der Waals surface area (Å²) in [5, 5.41) is 3.37. The summed E-state index contributed by atoms with van der Waals surface area (Å²) in [6.07, 6.45) is 2.62. The summed E-state index contributed by atoms with van der Waals surface area (Å²) in [5.41, 5.74) is -0.348. The molecule has 0 saturated carbocycles. The minimum absolute atomic E-state index is 0.0526. The summed E-state index contributed by atoms with van der Waals surface area (Å²) in [7, 11) is 1.41. The number of piperidine rings is 1. The molecule has 1 aliphatic heterocycles. The van der Waals surface area contributed by atoms with Gasteiger partial charge in [0.15, 0.2) is 0 Å². The van der Waals surface area contributed by atoms with Crippen LogP contribution in [-0.2, 0) is 15.7 Å². The molecular formula is C19H22F3NO2. The minimum atomic E-state index is -4.33. The van der Waals surface area contributed by atoms with Gasteiger partial charge in [-0.05, 0) is 55.8 Å². The number of hydrogen-bond acceptors (Lipinski definition) is 3. The zero-order chi connectivity index (χ0) is 18.1. The van der Waals surface area contributed by atoms with E-state index in [9.17, 15) is 18.0 Å². The molecule has 1 fully saturated rings. The van der Waals surface area contributed by atoms with E-state index in [4.69, 9.17) is 4.74 Å². The van der Waals surface area contributed by atoms with Gasteiger partial charge in [-0.1, -0.05) is 24.3 Å². The van der Waals surface area contributed by atoms with E-state index < -0.39 is 17.2 Å². The van der Waals surface area contributed by atoms with Gasteiger partial charge in [0.25, 0.3) is 0 Å². The fraction of sp³-hybridized carbons (Fsp3) is 0.526. The Kier molecular flexibility index (Phi) is 4.91. The molecule has 3 nitrogen and oxygen atoms in total. The van der Waals surface area contributed by atoms with Crippen LogP contribution in [0.25, 0.3) is 0 Å². The van der Waals surface area contributed by atoms with E-state index in [0.717, 1.165) is 30.7 Å². The number of methoxy groups -OCH3 is 1. The quantitative estimate of drug-likeness (QED) is 0.652. The predicted octanol–water partition coefficient (Wildman–Crippen LogP) is 4.26. The summed E-state index contributed by atoms with van der Waals surface area (Å²) in [6, 6.07) is 5.24. The van der Waals surface area contributed by atoms with Gasteiger partial charge in [-0.15, -0.1) is 0 Å². The maximum Gasteiger partial charge on any atom is 0.416 e. The zero-order valence-corrected chi connectivity index (χ0v) is 14.1. The Bertz CT molecular complexity index is 644. The molecular weight excluding hydrogens is 331 g/mol. The van der Waals surface area contributed by atoms with Gasteiger partial charge in [-0.25, -0.2) is 0 Å². The highest BCUT2D eigenvalue weighted by atomic mass is 19.4. The molecule has 2 aliphatic rings. The van der Waals surface area contributed by atoms with Crippen molar-refractivity contribution in [2.75, 3.05) is 13.7 Å². The fourth-order valence-corrected chi connectivity index (χ4v) is 4.12. The third kappa shape index (κ3) is 3.45. The van der Waals surface area contributed by atoms with Crippen molar-refractivity contribution in [3.8, 4) is 0 Å².